The first-order valence-corrected chi connectivity index (χ1v) is 6.56. The maximum absolute atomic E-state index is 11.0. The molecule has 0 aliphatic carbocycles. The van der Waals surface area contributed by atoms with Gasteiger partial charge in [0.15, 0.2) is 0 Å². The standard InChI is InChI=1S/C14H20OS/c1-14(2,3)16-13(11-15)10-9-12-7-5-4-6-8-12/h4-8,11,13H,9-10H2,1-3H3. The Kier molecular flexibility index (Phi) is 5.07. The molecule has 0 saturated heterocycles. The fraction of sp³-hybridized carbons (Fsp3) is 0.500. The van der Waals surface area contributed by atoms with Crippen molar-refractivity contribution in [1.29, 1.82) is 0 Å². The second kappa shape index (κ2) is 6.09. The van der Waals surface area contributed by atoms with Gasteiger partial charge in [0.05, 0.1) is 5.25 Å². The van der Waals surface area contributed by atoms with Gasteiger partial charge in [-0.25, -0.2) is 0 Å². The summed E-state index contributed by atoms with van der Waals surface area (Å²) in [5, 5.41) is 0.111. The zero-order chi connectivity index (χ0) is 12.0. The van der Waals surface area contributed by atoms with E-state index in [0.717, 1.165) is 19.1 Å². The van der Waals surface area contributed by atoms with Crippen LogP contribution in [0.5, 0.6) is 0 Å². The van der Waals surface area contributed by atoms with Crippen LogP contribution >= 0.6 is 11.8 Å². The minimum absolute atomic E-state index is 0.111. The Morgan fingerprint density at radius 2 is 1.88 bits per heavy atom. The molecule has 2 heteroatoms. The molecule has 1 unspecified atom stereocenters. The summed E-state index contributed by atoms with van der Waals surface area (Å²) in [6, 6.07) is 10.3. The average Bonchev–Trinajstić information content (AvgIpc) is 2.24. The molecule has 0 amide bonds. The summed E-state index contributed by atoms with van der Waals surface area (Å²) in [4.78, 5) is 11.0. The van der Waals surface area contributed by atoms with E-state index >= 15 is 0 Å². The fourth-order valence-electron chi connectivity index (χ4n) is 1.56. The van der Waals surface area contributed by atoms with E-state index in [9.17, 15) is 4.79 Å². The third kappa shape index (κ3) is 5.36. The maximum atomic E-state index is 11.0. The van der Waals surface area contributed by atoms with Gasteiger partial charge in [0, 0.05) is 4.75 Å². The molecule has 0 fully saturated rings. The van der Waals surface area contributed by atoms with Gasteiger partial charge in [0.1, 0.15) is 6.29 Å². The van der Waals surface area contributed by atoms with Crippen LogP contribution in [0.1, 0.15) is 32.8 Å². The van der Waals surface area contributed by atoms with E-state index in [2.05, 4.69) is 32.9 Å². The zero-order valence-corrected chi connectivity index (χ0v) is 11.1. The van der Waals surface area contributed by atoms with E-state index in [1.54, 1.807) is 11.8 Å². The van der Waals surface area contributed by atoms with Gasteiger partial charge in [0.2, 0.25) is 0 Å². The van der Waals surface area contributed by atoms with Crippen LogP contribution in [0.3, 0.4) is 0 Å². The molecule has 0 aliphatic heterocycles. The molecular weight excluding hydrogens is 216 g/mol. The van der Waals surface area contributed by atoms with Gasteiger partial charge >= 0.3 is 0 Å². The number of carbonyl (C=O) groups is 1. The summed E-state index contributed by atoms with van der Waals surface area (Å²) in [6.45, 7) is 6.45. The van der Waals surface area contributed by atoms with E-state index in [4.69, 9.17) is 0 Å². The smallest absolute Gasteiger partial charge is 0.132 e. The van der Waals surface area contributed by atoms with Crippen molar-refractivity contribution >= 4 is 18.0 Å². The van der Waals surface area contributed by atoms with E-state index in [0.29, 0.717) is 0 Å². The highest BCUT2D eigenvalue weighted by Crippen LogP contribution is 2.29. The molecule has 16 heavy (non-hydrogen) atoms. The largest absolute Gasteiger partial charge is 0.302 e. The second-order valence-corrected chi connectivity index (χ2v) is 6.99. The van der Waals surface area contributed by atoms with E-state index in [-0.39, 0.29) is 10.00 Å². The number of rotatable bonds is 5. The Bertz CT molecular complexity index is 313. The van der Waals surface area contributed by atoms with Crippen molar-refractivity contribution in [3.05, 3.63) is 35.9 Å². The SMILES string of the molecule is CC(C)(C)SC(C=O)CCc1ccccc1. The van der Waals surface area contributed by atoms with Crippen LogP contribution in [0.25, 0.3) is 0 Å². The van der Waals surface area contributed by atoms with Crippen molar-refractivity contribution in [3.8, 4) is 0 Å². The average molecular weight is 236 g/mol. The molecule has 1 aromatic carbocycles. The molecule has 0 aliphatic rings. The number of aryl methyl sites for hydroxylation is 1. The highest BCUT2D eigenvalue weighted by molar-refractivity contribution is 8.01. The van der Waals surface area contributed by atoms with Crippen molar-refractivity contribution in [3.63, 3.8) is 0 Å². The molecule has 0 heterocycles. The molecule has 0 N–H and O–H groups in total. The Hall–Kier alpha value is -0.760. The number of hydrogen-bond acceptors (Lipinski definition) is 2. The number of hydrogen-bond donors (Lipinski definition) is 0. The third-order valence-corrected chi connectivity index (χ3v) is 3.57. The number of carbonyl (C=O) groups excluding carboxylic acids is 1. The highest BCUT2D eigenvalue weighted by Gasteiger charge is 2.18. The number of thioether (sulfide) groups is 1. The van der Waals surface area contributed by atoms with Crippen molar-refractivity contribution < 1.29 is 4.79 Å². The lowest BCUT2D eigenvalue weighted by Crippen LogP contribution is -2.17. The quantitative estimate of drug-likeness (QED) is 0.725. The van der Waals surface area contributed by atoms with Crippen LogP contribution in [0.2, 0.25) is 0 Å². The predicted octanol–water partition coefficient (Wildman–Crippen LogP) is 3.72. The van der Waals surface area contributed by atoms with Crippen LogP contribution in [0.15, 0.2) is 30.3 Å². The lowest BCUT2D eigenvalue weighted by molar-refractivity contribution is -0.107. The molecule has 0 saturated carbocycles. The Morgan fingerprint density at radius 3 is 2.38 bits per heavy atom. The molecule has 88 valence electrons. The Labute approximate surface area is 103 Å². The van der Waals surface area contributed by atoms with Crippen LogP contribution < -0.4 is 0 Å². The number of benzene rings is 1. The molecule has 1 rings (SSSR count). The van der Waals surface area contributed by atoms with Crippen LogP contribution in [-0.4, -0.2) is 16.3 Å². The molecule has 1 atom stereocenters. The van der Waals surface area contributed by atoms with Crippen molar-refractivity contribution in [1.82, 2.24) is 0 Å². The van der Waals surface area contributed by atoms with Gasteiger partial charge in [-0.3, -0.25) is 0 Å². The fourth-order valence-corrected chi connectivity index (χ4v) is 2.76. The summed E-state index contributed by atoms with van der Waals surface area (Å²) >= 11 is 1.75. The molecule has 0 bridgehead atoms. The summed E-state index contributed by atoms with van der Waals surface area (Å²) < 4.78 is 0.155. The lowest BCUT2D eigenvalue weighted by Gasteiger charge is -2.22. The minimum Gasteiger partial charge on any atom is -0.302 e. The summed E-state index contributed by atoms with van der Waals surface area (Å²) in [6.07, 6.45) is 2.99. The first kappa shape index (κ1) is 13.3. The van der Waals surface area contributed by atoms with Crippen LogP contribution in [0.4, 0.5) is 0 Å². The Balaban J connectivity index is 2.43. The van der Waals surface area contributed by atoms with Gasteiger partial charge in [-0.1, -0.05) is 51.1 Å². The lowest BCUT2D eigenvalue weighted by atomic mass is 10.1. The predicted molar refractivity (Wildman–Crippen MR) is 72.0 cm³/mol. The molecular formula is C14H20OS. The molecule has 1 aromatic rings. The first-order chi connectivity index (χ1) is 7.51. The molecule has 0 radical (unpaired) electrons. The zero-order valence-electron chi connectivity index (χ0n) is 10.3. The van der Waals surface area contributed by atoms with E-state index in [1.807, 2.05) is 18.2 Å². The monoisotopic (exact) mass is 236 g/mol. The highest BCUT2D eigenvalue weighted by atomic mass is 32.2. The normalized spacial score (nSPS) is 13.4. The van der Waals surface area contributed by atoms with Gasteiger partial charge in [-0.2, -0.15) is 0 Å². The van der Waals surface area contributed by atoms with E-state index < -0.39 is 0 Å². The van der Waals surface area contributed by atoms with Crippen molar-refractivity contribution in [2.75, 3.05) is 0 Å². The first-order valence-electron chi connectivity index (χ1n) is 5.68. The van der Waals surface area contributed by atoms with Gasteiger partial charge in [0.25, 0.3) is 0 Å². The molecule has 1 nitrogen and oxygen atoms in total. The van der Waals surface area contributed by atoms with Gasteiger partial charge < -0.3 is 4.79 Å². The van der Waals surface area contributed by atoms with Gasteiger partial charge in [-0.15, -0.1) is 11.8 Å². The summed E-state index contributed by atoms with van der Waals surface area (Å²) in [5.74, 6) is 0. The summed E-state index contributed by atoms with van der Waals surface area (Å²) in [5.41, 5.74) is 1.31. The van der Waals surface area contributed by atoms with Gasteiger partial charge in [-0.05, 0) is 18.4 Å². The third-order valence-electron chi connectivity index (χ3n) is 2.22. The van der Waals surface area contributed by atoms with Crippen LogP contribution in [0, 0.1) is 0 Å². The summed E-state index contributed by atoms with van der Waals surface area (Å²) in [7, 11) is 0. The van der Waals surface area contributed by atoms with E-state index in [1.165, 1.54) is 5.56 Å². The molecule has 0 aromatic heterocycles. The topological polar surface area (TPSA) is 17.1 Å². The van der Waals surface area contributed by atoms with Crippen molar-refractivity contribution in [2.24, 2.45) is 0 Å². The van der Waals surface area contributed by atoms with Crippen molar-refractivity contribution in [2.45, 2.75) is 43.6 Å². The Morgan fingerprint density at radius 1 is 1.25 bits per heavy atom. The minimum atomic E-state index is 0.111. The number of aldehydes is 1. The second-order valence-electron chi connectivity index (χ2n) is 4.93. The van der Waals surface area contributed by atoms with Crippen LogP contribution in [-0.2, 0) is 11.2 Å². The molecule has 0 spiro atoms. The maximum Gasteiger partial charge on any atom is 0.132 e.